The molecule has 0 saturated heterocycles. The fourth-order valence-electron chi connectivity index (χ4n) is 2.74. The van der Waals surface area contributed by atoms with Crippen LogP contribution in [-0.2, 0) is 20.1 Å². The summed E-state index contributed by atoms with van der Waals surface area (Å²) in [6, 6.07) is 10.8. The van der Waals surface area contributed by atoms with Gasteiger partial charge >= 0.3 is 0 Å². The lowest BCUT2D eigenvalue weighted by molar-refractivity contribution is 0.673. The van der Waals surface area contributed by atoms with Gasteiger partial charge in [0.1, 0.15) is 0 Å². The second kappa shape index (κ2) is 6.14. The Hall–Kier alpha value is -2.07. The number of aromatic nitrogens is 3. The van der Waals surface area contributed by atoms with Crippen LogP contribution in [-0.4, -0.2) is 20.9 Å². The third kappa shape index (κ3) is 3.00. The van der Waals surface area contributed by atoms with Crippen molar-refractivity contribution in [3.8, 4) is 0 Å². The molecule has 0 atom stereocenters. The van der Waals surface area contributed by atoms with Crippen molar-refractivity contribution in [2.24, 2.45) is 7.05 Å². The summed E-state index contributed by atoms with van der Waals surface area (Å²) in [5, 5.41) is 9.27. The quantitative estimate of drug-likeness (QED) is 0.705. The first kappa shape index (κ1) is 13.9. The summed E-state index contributed by atoms with van der Waals surface area (Å²) in [4.78, 5) is 0. The van der Waals surface area contributed by atoms with Gasteiger partial charge < -0.3 is 9.88 Å². The molecular weight excluding hydrogens is 260 g/mol. The number of hydrogen-bond donors (Lipinski definition) is 1. The minimum absolute atomic E-state index is 0.815. The molecule has 2 aromatic heterocycles. The van der Waals surface area contributed by atoms with E-state index in [0.29, 0.717) is 0 Å². The van der Waals surface area contributed by atoms with Crippen molar-refractivity contribution >= 4 is 10.9 Å². The summed E-state index contributed by atoms with van der Waals surface area (Å²) in [7, 11) is 1.96. The fraction of sp³-hybridized carbons (Fsp3) is 0.353. The van der Waals surface area contributed by atoms with Gasteiger partial charge in [-0.2, -0.15) is 5.10 Å². The van der Waals surface area contributed by atoms with Crippen molar-refractivity contribution in [1.82, 2.24) is 19.7 Å². The van der Waals surface area contributed by atoms with E-state index in [2.05, 4.69) is 58.4 Å². The van der Waals surface area contributed by atoms with Gasteiger partial charge in [0.15, 0.2) is 0 Å². The van der Waals surface area contributed by atoms with Crippen molar-refractivity contribution in [3.05, 3.63) is 54.0 Å². The standard InChI is InChI=1S/C17H22N4/c1-3-9-18-12-15-6-4-5-14-7-11-21(17(14)15)13-16-8-10-20(2)19-16/h4-8,10-11,18H,3,9,12-13H2,1-2H3. The summed E-state index contributed by atoms with van der Waals surface area (Å²) in [5.74, 6) is 0. The van der Waals surface area contributed by atoms with E-state index in [1.165, 1.54) is 16.5 Å². The third-order valence-electron chi connectivity index (χ3n) is 3.72. The Morgan fingerprint density at radius 2 is 2.05 bits per heavy atom. The van der Waals surface area contributed by atoms with E-state index in [9.17, 15) is 0 Å². The molecule has 3 aromatic rings. The van der Waals surface area contributed by atoms with Crippen LogP contribution in [0.25, 0.3) is 10.9 Å². The van der Waals surface area contributed by atoms with Gasteiger partial charge in [-0.3, -0.25) is 4.68 Å². The van der Waals surface area contributed by atoms with E-state index < -0.39 is 0 Å². The molecule has 0 radical (unpaired) electrons. The molecule has 0 bridgehead atoms. The Kier molecular flexibility index (Phi) is 4.06. The molecule has 0 aliphatic rings. The third-order valence-corrected chi connectivity index (χ3v) is 3.72. The molecule has 0 spiro atoms. The average molecular weight is 282 g/mol. The van der Waals surface area contributed by atoms with E-state index in [4.69, 9.17) is 0 Å². The number of rotatable bonds is 6. The lowest BCUT2D eigenvalue weighted by Gasteiger charge is -2.10. The second-order valence-electron chi connectivity index (χ2n) is 5.46. The van der Waals surface area contributed by atoms with E-state index in [1.54, 1.807) is 0 Å². The highest BCUT2D eigenvalue weighted by atomic mass is 15.3. The van der Waals surface area contributed by atoms with E-state index in [0.717, 1.165) is 31.7 Å². The van der Waals surface area contributed by atoms with E-state index in [-0.39, 0.29) is 0 Å². The Labute approximate surface area is 125 Å². The maximum atomic E-state index is 4.48. The van der Waals surface area contributed by atoms with Crippen LogP contribution in [0.1, 0.15) is 24.6 Å². The van der Waals surface area contributed by atoms with Gasteiger partial charge in [0, 0.05) is 26.0 Å². The lowest BCUT2D eigenvalue weighted by Crippen LogP contribution is -2.14. The molecule has 0 amide bonds. The number of hydrogen-bond acceptors (Lipinski definition) is 2. The average Bonchev–Trinajstić information content (AvgIpc) is 3.07. The first-order chi connectivity index (χ1) is 10.3. The molecule has 3 rings (SSSR count). The normalized spacial score (nSPS) is 11.3. The topological polar surface area (TPSA) is 34.8 Å². The molecule has 0 saturated carbocycles. The van der Waals surface area contributed by atoms with Crippen molar-refractivity contribution in [2.45, 2.75) is 26.4 Å². The van der Waals surface area contributed by atoms with Crippen molar-refractivity contribution in [2.75, 3.05) is 6.54 Å². The van der Waals surface area contributed by atoms with Crippen LogP contribution < -0.4 is 5.32 Å². The van der Waals surface area contributed by atoms with Crippen molar-refractivity contribution < 1.29 is 0 Å². The summed E-state index contributed by atoms with van der Waals surface area (Å²) >= 11 is 0. The summed E-state index contributed by atoms with van der Waals surface area (Å²) in [6.45, 7) is 4.97. The molecule has 110 valence electrons. The number of nitrogens with zero attached hydrogens (tertiary/aromatic N) is 3. The van der Waals surface area contributed by atoms with Crippen LogP contribution in [0.4, 0.5) is 0 Å². The van der Waals surface area contributed by atoms with Gasteiger partial charge in [-0.15, -0.1) is 0 Å². The largest absolute Gasteiger partial charge is 0.341 e. The smallest absolute Gasteiger partial charge is 0.0821 e. The number of nitrogens with one attached hydrogen (secondary N) is 1. The Balaban J connectivity index is 1.91. The Morgan fingerprint density at radius 1 is 1.14 bits per heavy atom. The first-order valence-corrected chi connectivity index (χ1v) is 7.54. The minimum atomic E-state index is 0.815. The highest BCUT2D eigenvalue weighted by molar-refractivity contribution is 5.83. The van der Waals surface area contributed by atoms with Crippen LogP contribution in [0.2, 0.25) is 0 Å². The molecular formula is C17H22N4. The summed E-state index contributed by atoms with van der Waals surface area (Å²) in [5.41, 5.74) is 3.75. The van der Waals surface area contributed by atoms with Crippen LogP contribution in [0, 0.1) is 0 Å². The van der Waals surface area contributed by atoms with Crippen LogP contribution in [0.3, 0.4) is 0 Å². The molecule has 4 heteroatoms. The minimum Gasteiger partial charge on any atom is -0.341 e. The van der Waals surface area contributed by atoms with Crippen LogP contribution in [0.5, 0.6) is 0 Å². The van der Waals surface area contributed by atoms with Gasteiger partial charge in [-0.05, 0) is 36.0 Å². The van der Waals surface area contributed by atoms with Crippen LogP contribution in [0.15, 0.2) is 42.7 Å². The monoisotopic (exact) mass is 282 g/mol. The van der Waals surface area contributed by atoms with Crippen molar-refractivity contribution in [1.29, 1.82) is 0 Å². The second-order valence-corrected chi connectivity index (χ2v) is 5.46. The van der Waals surface area contributed by atoms with Crippen molar-refractivity contribution in [3.63, 3.8) is 0 Å². The lowest BCUT2D eigenvalue weighted by atomic mass is 10.1. The van der Waals surface area contributed by atoms with E-state index >= 15 is 0 Å². The Bertz CT molecular complexity index is 723. The number of benzene rings is 1. The molecule has 0 aliphatic heterocycles. The molecule has 1 aromatic carbocycles. The highest BCUT2D eigenvalue weighted by Gasteiger charge is 2.08. The number of fused-ring (bicyclic) bond motifs is 1. The Morgan fingerprint density at radius 3 is 2.81 bits per heavy atom. The van der Waals surface area contributed by atoms with Gasteiger partial charge in [0.25, 0.3) is 0 Å². The molecule has 21 heavy (non-hydrogen) atoms. The summed E-state index contributed by atoms with van der Waals surface area (Å²) < 4.78 is 4.14. The zero-order valence-corrected chi connectivity index (χ0v) is 12.7. The maximum Gasteiger partial charge on any atom is 0.0821 e. The molecule has 4 nitrogen and oxygen atoms in total. The number of aryl methyl sites for hydroxylation is 1. The predicted molar refractivity (Wildman–Crippen MR) is 86.2 cm³/mol. The zero-order chi connectivity index (χ0) is 14.7. The molecule has 1 N–H and O–H groups in total. The maximum absolute atomic E-state index is 4.48. The van der Waals surface area contributed by atoms with Gasteiger partial charge in [-0.25, -0.2) is 0 Å². The van der Waals surface area contributed by atoms with Gasteiger partial charge in [-0.1, -0.05) is 25.1 Å². The van der Waals surface area contributed by atoms with Gasteiger partial charge in [0.2, 0.25) is 0 Å². The predicted octanol–water partition coefficient (Wildman–Crippen LogP) is 2.92. The molecule has 0 unspecified atom stereocenters. The molecule has 0 fully saturated rings. The molecule has 0 aliphatic carbocycles. The summed E-state index contributed by atoms with van der Waals surface area (Å²) in [6.07, 6.45) is 5.30. The SMILES string of the molecule is CCCNCc1cccc2ccn(Cc3ccn(C)n3)c12. The fourth-order valence-corrected chi connectivity index (χ4v) is 2.74. The molecule has 2 heterocycles. The first-order valence-electron chi connectivity index (χ1n) is 7.54. The van der Waals surface area contributed by atoms with Gasteiger partial charge in [0.05, 0.1) is 17.8 Å². The highest BCUT2D eigenvalue weighted by Crippen LogP contribution is 2.21. The number of para-hydroxylation sites is 1. The zero-order valence-electron chi connectivity index (χ0n) is 12.7. The van der Waals surface area contributed by atoms with E-state index in [1.807, 2.05) is 17.9 Å². The van der Waals surface area contributed by atoms with Crippen LogP contribution >= 0.6 is 0 Å².